The molecule has 1 aliphatic rings. The summed E-state index contributed by atoms with van der Waals surface area (Å²) in [6.45, 7) is 5.43. The second-order valence-electron chi connectivity index (χ2n) is 7.60. The number of unbranched alkanes of at least 4 members (excludes halogenated alkanes) is 8. The van der Waals surface area contributed by atoms with Crippen LogP contribution in [0.4, 0.5) is 0 Å². The largest absolute Gasteiger partial charge is 0.393 e. The summed E-state index contributed by atoms with van der Waals surface area (Å²) in [5.74, 6) is 0.456. The van der Waals surface area contributed by atoms with E-state index in [2.05, 4.69) is 13.8 Å². The molecular weight excluding hydrogens is 284 g/mol. The van der Waals surface area contributed by atoms with E-state index in [-0.39, 0.29) is 6.10 Å². The fraction of sp³-hybridized carbons (Fsp3) is 1.00. The van der Waals surface area contributed by atoms with Gasteiger partial charge in [-0.25, -0.2) is 0 Å². The Labute approximate surface area is 145 Å². The highest BCUT2D eigenvalue weighted by Gasteiger charge is 2.25. The molecule has 3 atom stereocenters. The van der Waals surface area contributed by atoms with E-state index < -0.39 is 0 Å². The maximum absolute atomic E-state index is 10.5. The average molecular weight is 327 g/mol. The van der Waals surface area contributed by atoms with Crippen LogP contribution in [-0.4, -0.2) is 23.9 Å². The molecule has 138 valence electrons. The Kier molecular flexibility index (Phi) is 13.0. The number of rotatable bonds is 15. The molecule has 2 heteroatoms. The van der Waals surface area contributed by atoms with E-state index in [9.17, 15) is 5.11 Å². The van der Waals surface area contributed by atoms with Gasteiger partial charge in [-0.2, -0.15) is 0 Å². The van der Waals surface area contributed by atoms with Crippen LogP contribution in [0.25, 0.3) is 0 Å². The topological polar surface area (TPSA) is 29.5 Å². The van der Waals surface area contributed by atoms with Crippen LogP contribution in [0, 0.1) is 5.92 Å². The summed E-state index contributed by atoms with van der Waals surface area (Å²) in [5, 5.41) is 10.5. The predicted octanol–water partition coefficient (Wildman–Crippen LogP) is 6.25. The van der Waals surface area contributed by atoms with Gasteiger partial charge in [0, 0.05) is 6.61 Å². The number of hydrogen-bond acceptors (Lipinski definition) is 2. The summed E-state index contributed by atoms with van der Waals surface area (Å²) >= 11 is 0. The Hall–Kier alpha value is -0.0800. The first-order chi connectivity index (χ1) is 11.3. The number of hydrogen-bond donors (Lipinski definition) is 1. The molecule has 1 aliphatic heterocycles. The molecule has 1 fully saturated rings. The van der Waals surface area contributed by atoms with Crippen LogP contribution in [0.15, 0.2) is 0 Å². The lowest BCUT2D eigenvalue weighted by molar-refractivity contribution is 0.0353. The van der Waals surface area contributed by atoms with Crippen LogP contribution in [0.1, 0.15) is 110 Å². The van der Waals surface area contributed by atoms with Gasteiger partial charge in [0.1, 0.15) is 0 Å². The van der Waals surface area contributed by atoms with Crippen LogP contribution in [0.2, 0.25) is 0 Å². The molecule has 0 aromatic heterocycles. The summed E-state index contributed by atoms with van der Waals surface area (Å²) in [5.41, 5.74) is 0. The second-order valence-corrected chi connectivity index (χ2v) is 7.60. The zero-order valence-corrected chi connectivity index (χ0v) is 15.9. The number of aliphatic hydroxyl groups is 1. The van der Waals surface area contributed by atoms with Crippen LogP contribution in [0.3, 0.4) is 0 Å². The van der Waals surface area contributed by atoms with E-state index in [1.807, 2.05) is 0 Å². The van der Waals surface area contributed by atoms with Crippen molar-refractivity contribution in [2.75, 3.05) is 6.61 Å². The van der Waals surface area contributed by atoms with E-state index in [0.717, 1.165) is 25.9 Å². The normalized spacial score (nSPS) is 20.7. The molecule has 0 aromatic rings. The summed E-state index contributed by atoms with van der Waals surface area (Å²) in [7, 11) is 0. The fourth-order valence-electron chi connectivity index (χ4n) is 3.91. The lowest BCUT2D eigenvalue weighted by atomic mass is 9.87. The van der Waals surface area contributed by atoms with Crippen LogP contribution in [-0.2, 0) is 4.74 Å². The van der Waals surface area contributed by atoms with E-state index >= 15 is 0 Å². The zero-order chi connectivity index (χ0) is 16.8. The van der Waals surface area contributed by atoms with Crippen molar-refractivity contribution in [2.24, 2.45) is 5.92 Å². The highest BCUT2D eigenvalue weighted by atomic mass is 16.5. The summed E-state index contributed by atoms with van der Waals surface area (Å²) in [4.78, 5) is 0. The molecule has 0 amide bonds. The summed E-state index contributed by atoms with van der Waals surface area (Å²) in [6, 6.07) is 0. The Morgan fingerprint density at radius 3 is 2.09 bits per heavy atom. The molecule has 1 rings (SSSR count). The lowest BCUT2D eigenvalue weighted by Crippen LogP contribution is -2.25. The van der Waals surface area contributed by atoms with Gasteiger partial charge in [0.15, 0.2) is 0 Å². The molecule has 0 aliphatic carbocycles. The standard InChI is InChI=1S/C21H42O2/c1-3-5-6-7-8-9-10-11-12-16-21(22)19(14-4-2)18-20-15-13-17-23-20/h19-22H,3-18H2,1-2H3. The molecule has 0 saturated carbocycles. The predicted molar refractivity (Wildman–Crippen MR) is 99.8 cm³/mol. The highest BCUT2D eigenvalue weighted by molar-refractivity contribution is 4.75. The lowest BCUT2D eigenvalue weighted by Gasteiger charge is -2.25. The minimum absolute atomic E-state index is 0.108. The Balaban J connectivity index is 2.04. The van der Waals surface area contributed by atoms with Crippen LogP contribution < -0.4 is 0 Å². The molecule has 0 radical (unpaired) electrons. The minimum atomic E-state index is -0.108. The summed E-state index contributed by atoms with van der Waals surface area (Å²) in [6.07, 6.45) is 19.3. The van der Waals surface area contributed by atoms with Crippen molar-refractivity contribution in [3.05, 3.63) is 0 Å². The van der Waals surface area contributed by atoms with Crippen LogP contribution >= 0.6 is 0 Å². The first kappa shape index (κ1) is 21.0. The van der Waals surface area contributed by atoms with Gasteiger partial charge in [0.25, 0.3) is 0 Å². The van der Waals surface area contributed by atoms with Crippen LogP contribution in [0.5, 0.6) is 0 Å². The molecule has 3 unspecified atom stereocenters. The van der Waals surface area contributed by atoms with E-state index in [1.165, 1.54) is 77.0 Å². The molecule has 1 heterocycles. The Morgan fingerprint density at radius 2 is 1.52 bits per heavy atom. The third kappa shape index (κ3) is 10.4. The van der Waals surface area contributed by atoms with Gasteiger partial charge >= 0.3 is 0 Å². The van der Waals surface area contributed by atoms with E-state index in [1.54, 1.807) is 0 Å². The van der Waals surface area contributed by atoms with Crippen molar-refractivity contribution in [3.8, 4) is 0 Å². The molecular formula is C21H42O2. The van der Waals surface area contributed by atoms with Gasteiger partial charge in [-0.15, -0.1) is 0 Å². The molecule has 23 heavy (non-hydrogen) atoms. The Bertz CT molecular complexity index is 248. The van der Waals surface area contributed by atoms with E-state index in [4.69, 9.17) is 4.74 Å². The maximum Gasteiger partial charge on any atom is 0.0579 e. The number of aliphatic hydroxyl groups excluding tert-OH is 1. The quantitative estimate of drug-likeness (QED) is 0.360. The fourth-order valence-corrected chi connectivity index (χ4v) is 3.91. The van der Waals surface area contributed by atoms with Crippen molar-refractivity contribution >= 4 is 0 Å². The first-order valence-corrected chi connectivity index (χ1v) is 10.6. The van der Waals surface area contributed by atoms with Crippen molar-refractivity contribution < 1.29 is 9.84 Å². The van der Waals surface area contributed by atoms with Crippen molar-refractivity contribution in [3.63, 3.8) is 0 Å². The third-order valence-electron chi connectivity index (χ3n) is 5.40. The second kappa shape index (κ2) is 14.3. The van der Waals surface area contributed by atoms with Gasteiger partial charge in [-0.05, 0) is 38.0 Å². The molecule has 0 aromatic carbocycles. The highest BCUT2D eigenvalue weighted by Crippen LogP contribution is 2.27. The average Bonchev–Trinajstić information content (AvgIpc) is 3.06. The molecule has 0 bridgehead atoms. The third-order valence-corrected chi connectivity index (χ3v) is 5.40. The minimum Gasteiger partial charge on any atom is -0.393 e. The number of ether oxygens (including phenoxy) is 1. The summed E-state index contributed by atoms with van der Waals surface area (Å²) < 4.78 is 5.77. The molecule has 1 saturated heterocycles. The zero-order valence-electron chi connectivity index (χ0n) is 15.9. The van der Waals surface area contributed by atoms with E-state index in [0.29, 0.717) is 12.0 Å². The molecule has 2 nitrogen and oxygen atoms in total. The molecule has 0 spiro atoms. The van der Waals surface area contributed by atoms with Gasteiger partial charge in [0.2, 0.25) is 0 Å². The van der Waals surface area contributed by atoms with Gasteiger partial charge in [0.05, 0.1) is 12.2 Å². The van der Waals surface area contributed by atoms with Crippen molar-refractivity contribution in [1.82, 2.24) is 0 Å². The Morgan fingerprint density at radius 1 is 0.870 bits per heavy atom. The van der Waals surface area contributed by atoms with Crippen molar-refractivity contribution in [2.45, 2.75) is 122 Å². The first-order valence-electron chi connectivity index (χ1n) is 10.6. The SMILES string of the molecule is CCCCCCCCCCCC(O)C(CCC)CC1CCCO1. The smallest absolute Gasteiger partial charge is 0.0579 e. The van der Waals surface area contributed by atoms with Crippen molar-refractivity contribution in [1.29, 1.82) is 0 Å². The monoisotopic (exact) mass is 326 g/mol. The van der Waals surface area contributed by atoms with Gasteiger partial charge < -0.3 is 9.84 Å². The van der Waals surface area contributed by atoms with Gasteiger partial charge in [-0.3, -0.25) is 0 Å². The maximum atomic E-state index is 10.5. The molecule has 1 N–H and O–H groups in total. The van der Waals surface area contributed by atoms with Gasteiger partial charge in [-0.1, -0.05) is 78.1 Å².